The Labute approximate surface area is 129 Å². The molecular weight excluding hydrogens is 256 g/mol. The fourth-order valence-electron chi connectivity index (χ4n) is 3.59. The Bertz CT molecular complexity index is 433. The van der Waals surface area contributed by atoms with Gasteiger partial charge in [-0.3, -0.25) is 0 Å². The van der Waals surface area contributed by atoms with Gasteiger partial charge in [0.2, 0.25) is 0 Å². The van der Waals surface area contributed by atoms with Crippen LogP contribution in [0.3, 0.4) is 0 Å². The highest BCUT2D eigenvalue weighted by Crippen LogP contribution is 2.41. The van der Waals surface area contributed by atoms with Crippen LogP contribution in [0.2, 0.25) is 0 Å². The zero-order chi connectivity index (χ0) is 14.5. The molecule has 2 fully saturated rings. The minimum Gasteiger partial charge on any atom is -0.312 e. The molecule has 3 rings (SSSR count). The van der Waals surface area contributed by atoms with Crippen LogP contribution in [0.1, 0.15) is 56.1 Å². The molecule has 0 radical (unpaired) electrons. The molecule has 1 aliphatic heterocycles. The number of nitrogens with zero attached hydrogens (tertiary/aromatic N) is 1. The molecule has 2 nitrogen and oxygen atoms in total. The van der Waals surface area contributed by atoms with Gasteiger partial charge < -0.3 is 10.2 Å². The van der Waals surface area contributed by atoms with Crippen molar-refractivity contribution in [1.82, 2.24) is 10.2 Å². The van der Waals surface area contributed by atoms with Crippen LogP contribution in [-0.4, -0.2) is 31.1 Å². The van der Waals surface area contributed by atoms with Gasteiger partial charge in [-0.05, 0) is 68.3 Å². The largest absolute Gasteiger partial charge is 0.312 e. The van der Waals surface area contributed by atoms with Crippen molar-refractivity contribution in [2.75, 3.05) is 26.2 Å². The zero-order valence-electron chi connectivity index (χ0n) is 13.5. The number of nitrogens with one attached hydrogen (secondary N) is 1. The van der Waals surface area contributed by atoms with Gasteiger partial charge in [-0.25, -0.2) is 0 Å². The lowest BCUT2D eigenvalue weighted by Crippen LogP contribution is -2.36. The molecule has 1 heterocycles. The maximum atomic E-state index is 3.69. The van der Waals surface area contributed by atoms with Crippen molar-refractivity contribution in [1.29, 1.82) is 0 Å². The standard InChI is InChI=1S/C19H30N2/c1-16(15-21-11-5-2-6-12-21)13-20-14-18-7-3-4-8-19(18)17-9-10-17/h3-4,7-8,16-17,20H,2,5-6,9-15H2,1H3. The molecule has 0 bridgehead atoms. The van der Waals surface area contributed by atoms with Crippen LogP contribution >= 0.6 is 0 Å². The maximum absolute atomic E-state index is 3.69. The van der Waals surface area contributed by atoms with Gasteiger partial charge in [0, 0.05) is 13.1 Å². The van der Waals surface area contributed by atoms with Gasteiger partial charge in [0.25, 0.3) is 0 Å². The molecule has 0 aromatic heterocycles. The first-order valence-corrected chi connectivity index (χ1v) is 8.84. The maximum Gasteiger partial charge on any atom is 0.0208 e. The lowest BCUT2D eigenvalue weighted by atomic mass is 10.0. The Hall–Kier alpha value is -0.860. The van der Waals surface area contributed by atoms with Crippen LogP contribution in [0.5, 0.6) is 0 Å². The Balaban J connectivity index is 1.41. The van der Waals surface area contributed by atoms with E-state index in [1.807, 2.05) is 0 Å². The predicted molar refractivity (Wildman–Crippen MR) is 89.6 cm³/mol. The summed E-state index contributed by atoms with van der Waals surface area (Å²) < 4.78 is 0. The van der Waals surface area contributed by atoms with E-state index in [9.17, 15) is 0 Å². The summed E-state index contributed by atoms with van der Waals surface area (Å²) in [6, 6.07) is 9.00. The summed E-state index contributed by atoms with van der Waals surface area (Å²) in [4.78, 5) is 2.65. The molecule has 1 aromatic carbocycles. The van der Waals surface area contributed by atoms with Gasteiger partial charge >= 0.3 is 0 Å². The van der Waals surface area contributed by atoms with Gasteiger partial charge in [-0.2, -0.15) is 0 Å². The summed E-state index contributed by atoms with van der Waals surface area (Å²) in [5, 5.41) is 3.69. The predicted octanol–water partition coefficient (Wildman–Crippen LogP) is 3.78. The summed E-state index contributed by atoms with van der Waals surface area (Å²) in [5.74, 6) is 1.60. The average molecular weight is 286 g/mol. The third-order valence-electron chi connectivity index (χ3n) is 4.90. The first-order valence-electron chi connectivity index (χ1n) is 8.84. The first-order chi connectivity index (χ1) is 10.3. The highest BCUT2D eigenvalue weighted by molar-refractivity contribution is 5.33. The van der Waals surface area contributed by atoms with Crippen LogP contribution in [0.25, 0.3) is 0 Å². The van der Waals surface area contributed by atoms with Crippen LogP contribution in [0.4, 0.5) is 0 Å². The lowest BCUT2D eigenvalue weighted by Gasteiger charge is -2.29. The third kappa shape index (κ3) is 4.55. The lowest BCUT2D eigenvalue weighted by molar-refractivity contribution is 0.199. The summed E-state index contributed by atoms with van der Waals surface area (Å²) in [5.41, 5.74) is 3.11. The fraction of sp³-hybridized carbons (Fsp3) is 0.684. The molecule has 21 heavy (non-hydrogen) atoms. The highest BCUT2D eigenvalue weighted by atomic mass is 15.1. The number of rotatable bonds is 7. The Kier molecular flexibility index (Phi) is 5.32. The average Bonchev–Trinajstić information content (AvgIpc) is 3.33. The molecule has 2 aliphatic rings. The number of benzene rings is 1. The van der Waals surface area contributed by atoms with Crippen molar-refractivity contribution in [2.45, 2.75) is 51.5 Å². The molecule has 1 atom stereocenters. The Morgan fingerprint density at radius 3 is 2.67 bits per heavy atom. The molecule has 1 aliphatic carbocycles. The van der Waals surface area contributed by atoms with E-state index in [0.29, 0.717) is 0 Å². The second kappa shape index (κ2) is 7.42. The quantitative estimate of drug-likeness (QED) is 0.820. The molecule has 0 spiro atoms. The van der Waals surface area contributed by atoms with Gasteiger partial charge in [-0.15, -0.1) is 0 Å². The number of likely N-dealkylation sites (tertiary alicyclic amines) is 1. The van der Waals surface area contributed by atoms with E-state index < -0.39 is 0 Å². The number of hydrogen-bond donors (Lipinski definition) is 1. The van der Waals surface area contributed by atoms with Crippen molar-refractivity contribution in [3.63, 3.8) is 0 Å². The summed E-state index contributed by atoms with van der Waals surface area (Å²) >= 11 is 0. The molecule has 1 aromatic rings. The van der Waals surface area contributed by atoms with E-state index >= 15 is 0 Å². The topological polar surface area (TPSA) is 15.3 Å². The molecule has 2 heteroatoms. The van der Waals surface area contributed by atoms with E-state index in [1.165, 1.54) is 57.3 Å². The van der Waals surface area contributed by atoms with Crippen molar-refractivity contribution < 1.29 is 0 Å². The minimum absolute atomic E-state index is 0.746. The van der Waals surface area contributed by atoms with Crippen LogP contribution in [-0.2, 0) is 6.54 Å². The van der Waals surface area contributed by atoms with Gasteiger partial charge in [0.15, 0.2) is 0 Å². The number of hydrogen-bond acceptors (Lipinski definition) is 2. The van der Waals surface area contributed by atoms with Crippen LogP contribution in [0.15, 0.2) is 24.3 Å². The van der Waals surface area contributed by atoms with E-state index in [4.69, 9.17) is 0 Å². The van der Waals surface area contributed by atoms with Crippen molar-refractivity contribution in [3.8, 4) is 0 Å². The SMILES string of the molecule is CC(CNCc1ccccc1C1CC1)CN1CCCCC1. The Morgan fingerprint density at radius 2 is 1.90 bits per heavy atom. The molecular formula is C19H30N2. The van der Waals surface area contributed by atoms with Crippen molar-refractivity contribution >= 4 is 0 Å². The first kappa shape index (κ1) is 15.1. The summed E-state index contributed by atoms with van der Waals surface area (Å²) in [7, 11) is 0. The summed E-state index contributed by atoms with van der Waals surface area (Å²) in [6.45, 7) is 8.45. The van der Waals surface area contributed by atoms with E-state index in [2.05, 4.69) is 41.4 Å². The Morgan fingerprint density at radius 1 is 1.14 bits per heavy atom. The van der Waals surface area contributed by atoms with Gasteiger partial charge in [0.05, 0.1) is 0 Å². The minimum atomic E-state index is 0.746. The molecule has 0 amide bonds. The zero-order valence-corrected chi connectivity index (χ0v) is 13.5. The molecule has 1 N–H and O–H groups in total. The molecule has 1 saturated carbocycles. The molecule has 116 valence electrons. The number of piperidine rings is 1. The molecule has 1 unspecified atom stereocenters. The summed E-state index contributed by atoms with van der Waals surface area (Å²) in [6.07, 6.45) is 7.01. The second-order valence-electron chi connectivity index (χ2n) is 7.07. The normalized spacial score (nSPS) is 21.4. The molecule has 1 saturated heterocycles. The van der Waals surface area contributed by atoms with Crippen molar-refractivity contribution in [2.24, 2.45) is 5.92 Å². The van der Waals surface area contributed by atoms with Crippen molar-refractivity contribution in [3.05, 3.63) is 35.4 Å². The van der Waals surface area contributed by atoms with E-state index in [1.54, 1.807) is 5.56 Å². The van der Waals surface area contributed by atoms with Gasteiger partial charge in [0.1, 0.15) is 0 Å². The second-order valence-corrected chi connectivity index (χ2v) is 7.07. The van der Waals surface area contributed by atoms with Crippen LogP contribution < -0.4 is 5.32 Å². The van der Waals surface area contributed by atoms with Gasteiger partial charge in [-0.1, -0.05) is 37.6 Å². The van der Waals surface area contributed by atoms with E-state index in [0.717, 1.165) is 24.9 Å². The van der Waals surface area contributed by atoms with Crippen LogP contribution in [0, 0.1) is 5.92 Å². The highest BCUT2D eigenvalue weighted by Gasteiger charge is 2.25. The monoisotopic (exact) mass is 286 g/mol. The third-order valence-corrected chi connectivity index (χ3v) is 4.90. The smallest absolute Gasteiger partial charge is 0.0208 e. The fourth-order valence-corrected chi connectivity index (χ4v) is 3.59. The van der Waals surface area contributed by atoms with E-state index in [-0.39, 0.29) is 0 Å².